The molecule has 2 aromatic carbocycles. The maximum Gasteiger partial charge on any atom is 0.410 e. The van der Waals surface area contributed by atoms with Gasteiger partial charge in [-0.05, 0) is 57.0 Å². The Balaban J connectivity index is 1.90. The Morgan fingerprint density at radius 3 is 2.69 bits per heavy atom. The molecule has 3 rings (SSSR count). The maximum atomic E-state index is 13.9. The van der Waals surface area contributed by atoms with Crippen LogP contribution in [0.15, 0.2) is 42.5 Å². The van der Waals surface area contributed by atoms with Gasteiger partial charge in [0.05, 0.1) is 0 Å². The van der Waals surface area contributed by atoms with Gasteiger partial charge < -0.3 is 14.4 Å². The molecule has 26 heavy (non-hydrogen) atoms. The fourth-order valence-corrected chi connectivity index (χ4v) is 3.11. The number of benzene rings is 2. The van der Waals surface area contributed by atoms with Crippen LogP contribution in [-0.4, -0.2) is 30.2 Å². The Labute approximate surface area is 153 Å². The second-order valence-corrected chi connectivity index (χ2v) is 7.65. The van der Waals surface area contributed by atoms with Crippen molar-refractivity contribution in [1.82, 2.24) is 4.90 Å². The van der Waals surface area contributed by atoms with E-state index in [2.05, 4.69) is 0 Å². The quantitative estimate of drug-likeness (QED) is 0.748. The highest BCUT2D eigenvalue weighted by Gasteiger charge is 2.28. The first-order valence-corrected chi connectivity index (χ1v) is 8.72. The van der Waals surface area contributed by atoms with Crippen molar-refractivity contribution >= 4 is 6.09 Å². The van der Waals surface area contributed by atoms with Crippen molar-refractivity contribution in [2.45, 2.75) is 38.7 Å². The molecule has 2 aromatic rings. The van der Waals surface area contributed by atoms with Gasteiger partial charge in [-0.2, -0.15) is 0 Å². The van der Waals surface area contributed by atoms with Crippen LogP contribution in [0.25, 0.3) is 0 Å². The zero-order valence-corrected chi connectivity index (χ0v) is 15.6. The van der Waals surface area contributed by atoms with Gasteiger partial charge >= 0.3 is 6.09 Å². The van der Waals surface area contributed by atoms with Crippen LogP contribution in [-0.2, 0) is 11.2 Å². The first kappa shape index (κ1) is 18.2. The van der Waals surface area contributed by atoms with E-state index in [-0.39, 0.29) is 11.7 Å². The molecule has 0 bridgehead atoms. The lowest BCUT2D eigenvalue weighted by molar-refractivity contribution is 0.0288. The van der Waals surface area contributed by atoms with Crippen LogP contribution in [0.2, 0.25) is 0 Å². The Morgan fingerprint density at radius 2 is 1.96 bits per heavy atom. The summed E-state index contributed by atoms with van der Waals surface area (Å²) in [6.07, 6.45) is 0.258. The molecule has 4 nitrogen and oxygen atoms in total. The second kappa shape index (κ2) is 6.98. The van der Waals surface area contributed by atoms with Gasteiger partial charge in [-0.15, -0.1) is 0 Å². The number of likely N-dealkylation sites (N-methyl/N-ethyl adjacent to an activating group) is 1. The molecule has 1 aliphatic rings. The maximum absolute atomic E-state index is 13.9. The first-order chi connectivity index (χ1) is 12.2. The summed E-state index contributed by atoms with van der Waals surface area (Å²) in [6.45, 7) is 5.90. The van der Waals surface area contributed by atoms with E-state index in [1.54, 1.807) is 18.0 Å². The monoisotopic (exact) mass is 357 g/mol. The number of ether oxygens (including phenoxy) is 2. The van der Waals surface area contributed by atoms with Crippen LogP contribution in [0, 0.1) is 5.82 Å². The van der Waals surface area contributed by atoms with Crippen molar-refractivity contribution < 1.29 is 18.7 Å². The molecule has 1 heterocycles. The number of fused-ring (bicyclic) bond motifs is 2. The van der Waals surface area contributed by atoms with Crippen LogP contribution >= 0.6 is 0 Å². The third-order valence-electron chi connectivity index (χ3n) is 4.27. The summed E-state index contributed by atoms with van der Waals surface area (Å²) < 4.78 is 25.3. The van der Waals surface area contributed by atoms with Crippen molar-refractivity contribution in [3.63, 3.8) is 0 Å². The van der Waals surface area contributed by atoms with Gasteiger partial charge in [0.15, 0.2) is 0 Å². The average Bonchev–Trinajstić information content (AvgIpc) is 2.70. The van der Waals surface area contributed by atoms with E-state index in [0.29, 0.717) is 18.7 Å². The standard InChI is InChI=1S/C21H24FNO3/c1-21(2,3)26-20(24)23(4)13-15-11-14-7-5-6-8-18(14)25-19-10-9-16(22)12-17(15)19/h5-10,12,15H,11,13H2,1-4H3. The number of hydrogen-bond donors (Lipinski definition) is 0. The Kier molecular flexibility index (Phi) is 4.90. The number of para-hydroxylation sites is 1. The largest absolute Gasteiger partial charge is 0.457 e. The molecule has 1 unspecified atom stereocenters. The summed E-state index contributed by atoms with van der Waals surface area (Å²) in [4.78, 5) is 13.9. The summed E-state index contributed by atoms with van der Waals surface area (Å²) in [5.41, 5.74) is 1.23. The Hall–Kier alpha value is -2.56. The second-order valence-electron chi connectivity index (χ2n) is 7.65. The Bertz CT molecular complexity index is 813. The molecule has 0 radical (unpaired) electrons. The number of hydrogen-bond acceptors (Lipinski definition) is 3. The molecule has 0 spiro atoms. The normalized spacial score (nSPS) is 16.0. The highest BCUT2D eigenvalue weighted by atomic mass is 19.1. The van der Waals surface area contributed by atoms with Crippen LogP contribution in [0.3, 0.4) is 0 Å². The van der Waals surface area contributed by atoms with Gasteiger partial charge in [0.25, 0.3) is 0 Å². The molecule has 0 saturated heterocycles. The molecule has 1 aliphatic heterocycles. The zero-order valence-electron chi connectivity index (χ0n) is 15.6. The number of rotatable bonds is 2. The zero-order chi connectivity index (χ0) is 18.9. The summed E-state index contributed by atoms with van der Waals surface area (Å²) in [6, 6.07) is 12.3. The van der Waals surface area contributed by atoms with E-state index >= 15 is 0 Å². The average molecular weight is 357 g/mol. The third kappa shape index (κ3) is 4.15. The molecular formula is C21H24FNO3. The van der Waals surface area contributed by atoms with E-state index in [9.17, 15) is 9.18 Å². The minimum absolute atomic E-state index is 0.0955. The fourth-order valence-electron chi connectivity index (χ4n) is 3.11. The molecule has 1 atom stereocenters. The van der Waals surface area contributed by atoms with Crippen LogP contribution < -0.4 is 4.74 Å². The molecular weight excluding hydrogens is 333 g/mol. The first-order valence-electron chi connectivity index (χ1n) is 8.72. The highest BCUT2D eigenvalue weighted by Crippen LogP contribution is 2.40. The van der Waals surface area contributed by atoms with Crippen molar-refractivity contribution in [2.24, 2.45) is 0 Å². The van der Waals surface area contributed by atoms with Gasteiger partial charge in [-0.3, -0.25) is 0 Å². The number of carbonyl (C=O) groups is 1. The number of halogens is 1. The van der Waals surface area contributed by atoms with Crippen molar-refractivity contribution in [3.8, 4) is 11.5 Å². The van der Waals surface area contributed by atoms with Crippen LogP contribution in [0.1, 0.15) is 37.8 Å². The topological polar surface area (TPSA) is 38.8 Å². The fraction of sp³-hybridized carbons (Fsp3) is 0.381. The molecule has 0 N–H and O–H groups in total. The summed E-state index contributed by atoms with van der Waals surface area (Å²) in [5, 5.41) is 0. The summed E-state index contributed by atoms with van der Waals surface area (Å²) in [5.74, 6) is 0.979. The molecule has 0 fully saturated rings. The van der Waals surface area contributed by atoms with Crippen molar-refractivity contribution in [1.29, 1.82) is 0 Å². The molecule has 0 saturated carbocycles. The molecule has 0 aliphatic carbocycles. The van der Waals surface area contributed by atoms with E-state index in [1.807, 2.05) is 45.0 Å². The highest BCUT2D eigenvalue weighted by molar-refractivity contribution is 5.68. The van der Waals surface area contributed by atoms with E-state index < -0.39 is 11.7 Å². The number of amides is 1. The van der Waals surface area contributed by atoms with Crippen molar-refractivity contribution in [2.75, 3.05) is 13.6 Å². The molecule has 0 aromatic heterocycles. The van der Waals surface area contributed by atoms with Crippen LogP contribution in [0.5, 0.6) is 11.5 Å². The number of carbonyl (C=O) groups excluding carboxylic acids is 1. The van der Waals surface area contributed by atoms with Crippen molar-refractivity contribution in [3.05, 3.63) is 59.4 Å². The molecule has 1 amide bonds. The lowest BCUT2D eigenvalue weighted by atomic mass is 9.91. The van der Waals surface area contributed by atoms with E-state index in [0.717, 1.165) is 16.9 Å². The van der Waals surface area contributed by atoms with E-state index in [1.165, 1.54) is 12.1 Å². The summed E-state index contributed by atoms with van der Waals surface area (Å²) >= 11 is 0. The predicted octanol–water partition coefficient (Wildman–Crippen LogP) is 5.12. The van der Waals surface area contributed by atoms with Gasteiger partial charge in [0, 0.05) is 25.1 Å². The molecule has 138 valence electrons. The van der Waals surface area contributed by atoms with Gasteiger partial charge in [0.1, 0.15) is 22.9 Å². The minimum Gasteiger partial charge on any atom is -0.457 e. The smallest absolute Gasteiger partial charge is 0.410 e. The van der Waals surface area contributed by atoms with Gasteiger partial charge in [-0.25, -0.2) is 9.18 Å². The van der Waals surface area contributed by atoms with Crippen LogP contribution in [0.4, 0.5) is 9.18 Å². The third-order valence-corrected chi connectivity index (χ3v) is 4.27. The van der Waals surface area contributed by atoms with Gasteiger partial charge in [0.2, 0.25) is 0 Å². The lowest BCUT2D eigenvalue weighted by Gasteiger charge is -2.27. The predicted molar refractivity (Wildman–Crippen MR) is 98.2 cm³/mol. The van der Waals surface area contributed by atoms with E-state index in [4.69, 9.17) is 9.47 Å². The summed E-state index contributed by atoms with van der Waals surface area (Å²) in [7, 11) is 1.70. The van der Waals surface area contributed by atoms with Gasteiger partial charge in [-0.1, -0.05) is 18.2 Å². The Morgan fingerprint density at radius 1 is 1.23 bits per heavy atom. The molecule has 5 heteroatoms. The minimum atomic E-state index is -0.561. The SMILES string of the molecule is CN(CC1Cc2ccccc2Oc2ccc(F)cc21)C(=O)OC(C)(C)C. The lowest BCUT2D eigenvalue weighted by Crippen LogP contribution is -2.36. The number of nitrogens with zero attached hydrogens (tertiary/aromatic N) is 1.